The third-order valence-electron chi connectivity index (χ3n) is 0. The Hall–Kier alpha value is 1.94. The van der Waals surface area contributed by atoms with Crippen LogP contribution in [-0.2, 0) is 20.1 Å². The van der Waals surface area contributed by atoms with Crippen LogP contribution in [0.25, 0.3) is 0 Å². The van der Waals surface area contributed by atoms with Gasteiger partial charge in [-0.25, -0.2) is 0 Å². The van der Waals surface area contributed by atoms with Crippen LogP contribution in [0, 0.1) is 0 Å². The Morgan fingerprint density at radius 1 is 1.25 bits per heavy atom. The van der Waals surface area contributed by atoms with E-state index in [-0.39, 0.29) is 41.5 Å². The zero-order valence-electron chi connectivity index (χ0n) is 1.71. The van der Waals surface area contributed by atoms with E-state index in [1.807, 2.05) is 0 Å². The van der Waals surface area contributed by atoms with Crippen molar-refractivity contribution in [3.05, 3.63) is 0 Å². The van der Waals surface area contributed by atoms with Crippen molar-refractivity contribution < 1.29 is 20.1 Å². The first kappa shape index (κ1) is 16.8. The summed E-state index contributed by atoms with van der Waals surface area (Å²) in [6.07, 6.45) is 0. The Kier molecular flexibility index (Phi) is 85.6. The quantitative estimate of drug-likeness (QED) is 0.531. The predicted octanol–water partition coefficient (Wildman–Crippen LogP) is -0.883. The minimum Gasteiger partial charge on any atom is 0 e. The van der Waals surface area contributed by atoms with E-state index in [0.29, 0.717) is 22.5 Å². The monoisotopic (exact) mass is 313 g/mol. The second kappa shape index (κ2) is 20.4. The molecule has 1 nitrogen and oxygen atoms in total. The van der Waals surface area contributed by atoms with Crippen molar-refractivity contribution in [2.45, 2.75) is 0 Å². The zero-order valence-corrected chi connectivity index (χ0v) is 8.22. The first-order chi connectivity index (χ1) is 1.00. The molecule has 0 aliphatic carbocycles. The van der Waals surface area contributed by atoms with Crippen molar-refractivity contribution in [1.29, 1.82) is 0 Å². The van der Waals surface area contributed by atoms with Crippen molar-refractivity contribution in [3.8, 4) is 0 Å². The summed E-state index contributed by atoms with van der Waals surface area (Å²) in [7, 11) is 0. The maximum absolute atomic E-state index is 8.34. The molecule has 4 heteroatoms. The Bertz CT molecular complexity index is 8.00. The van der Waals surface area contributed by atoms with Crippen LogP contribution in [0.3, 0.4) is 0 Å². The molecule has 0 aliphatic rings. The summed E-state index contributed by atoms with van der Waals surface area (Å²) in [5.41, 5.74) is 0. The normalized spacial score (nSPS) is 1.00. The average molecular weight is 312 g/mol. The molecule has 5 radical (unpaired) electrons. The molecular weight excluding hydrogens is 312 g/mol. The van der Waals surface area contributed by atoms with Crippen LogP contribution in [0.1, 0.15) is 0 Å². The SMILES string of the molecule is [Fe].[O]=[Sn].[Sb]. The molecule has 0 unspecified atom stereocenters. The Labute approximate surface area is 66.3 Å². The maximum Gasteiger partial charge on any atom is 0 e. The van der Waals surface area contributed by atoms with Gasteiger partial charge in [0, 0.05) is 41.5 Å². The van der Waals surface area contributed by atoms with Gasteiger partial charge in [0.2, 0.25) is 0 Å². The van der Waals surface area contributed by atoms with Crippen molar-refractivity contribution in [1.82, 2.24) is 0 Å². The van der Waals surface area contributed by atoms with E-state index in [0.717, 1.165) is 0 Å². The fraction of sp³-hybridized carbons (Fsp3) is 0. The topological polar surface area (TPSA) is 17.1 Å². The van der Waals surface area contributed by atoms with E-state index < -0.39 is 0 Å². The van der Waals surface area contributed by atoms with E-state index in [2.05, 4.69) is 0 Å². The van der Waals surface area contributed by atoms with E-state index in [1.165, 1.54) is 0 Å². The van der Waals surface area contributed by atoms with Crippen molar-refractivity contribution >= 4 is 46.9 Å². The molecule has 4 heavy (non-hydrogen) atoms. The first-order valence-corrected chi connectivity index (χ1v) is 1.37. The van der Waals surface area contributed by atoms with Gasteiger partial charge >= 0.3 is 25.6 Å². The summed E-state index contributed by atoms with van der Waals surface area (Å²) < 4.78 is 8.34. The van der Waals surface area contributed by atoms with Gasteiger partial charge in [-0.05, 0) is 0 Å². The van der Waals surface area contributed by atoms with Crippen LogP contribution in [0.15, 0.2) is 0 Å². The third-order valence-corrected chi connectivity index (χ3v) is 0. The molecule has 0 amide bonds. The Balaban J connectivity index is -0.00000000500. The minimum absolute atomic E-state index is 0. The van der Waals surface area contributed by atoms with Crippen LogP contribution in [0.4, 0.5) is 0 Å². The zero-order chi connectivity index (χ0) is 2.00. The number of rotatable bonds is 0. The first-order valence-electron chi connectivity index (χ1n) is 0.204. The average Bonchev–Trinajstić information content (AvgIpc) is 1.00. The van der Waals surface area contributed by atoms with Crippen LogP contribution in [-0.4, -0.2) is 46.9 Å². The molecule has 0 saturated carbocycles. The van der Waals surface area contributed by atoms with E-state index in [1.54, 1.807) is 0 Å². The van der Waals surface area contributed by atoms with Gasteiger partial charge in [-0.2, -0.15) is 0 Å². The Morgan fingerprint density at radius 2 is 1.25 bits per heavy atom. The van der Waals surface area contributed by atoms with Gasteiger partial charge in [-0.3, -0.25) is 0 Å². The van der Waals surface area contributed by atoms with E-state index in [4.69, 9.17) is 3.08 Å². The molecule has 0 atom stereocenters. The van der Waals surface area contributed by atoms with Gasteiger partial charge in [0.1, 0.15) is 0 Å². The summed E-state index contributed by atoms with van der Waals surface area (Å²) >= 11 is 0.300. The van der Waals surface area contributed by atoms with Crippen LogP contribution < -0.4 is 0 Å². The summed E-state index contributed by atoms with van der Waals surface area (Å²) in [6, 6.07) is 0. The van der Waals surface area contributed by atoms with Gasteiger partial charge in [-0.1, -0.05) is 0 Å². The van der Waals surface area contributed by atoms with Gasteiger partial charge in [0.25, 0.3) is 0 Å². The summed E-state index contributed by atoms with van der Waals surface area (Å²) in [4.78, 5) is 0. The fourth-order valence-electron chi connectivity index (χ4n) is 0. The second-order valence-electron chi connectivity index (χ2n) is 0. The molecule has 23 valence electrons. The molecule has 0 fully saturated rings. The molecule has 0 heterocycles. The number of hydrogen-bond acceptors (Lipinski definition) is 1. The minimum atomic E-state index is 0. The van der Waals surface area contributed by atoms with Crippen molar-refractivity contribution in [3.63, 3.8) is 0 Å². The predicted molar refractivity (Wildman–Crippen MR) is 12.2 cm³/mol. The van der Waals surface area contributed by atoms with Gasteiger partial charge < -0.3 is 0 Å². The smallest absolute Gasteiger partial charge is 0 e. The van der Waals surface area contributed by atoms with Gasteiger partial charge in [-0.15, -0.1) is 0 Å². The molecule has 0 saturated heterocycles. The second-order valence-corrected chi connectivity index (χ2v) is 0. The number of hydrogen-bond donors (Lipinski definition) is 0. The molecule has 0 bridgehead atoms. The molecule has 0 aromatic rings. The van der Waals surface area contributed by atoms with E-state index >= 15 is 0 Å². The third kappa shape index (κ3) is 9.05. The molecule has 0 aromatic heterocycles. The van der Waals surface area contributed by atoms with Crippen LogP contribution in [0.2, 0.25) is 0 Å². The molecule has 0 rings (SSSR count). The molecular formula is FeOSbSn. The largest absolute Gasteiger partial charge is 0 e. The molecule has 0 N–H and O–H groups in total. The molecule has 0 aromatic carbocycles. The van der Waals surface area contributed by atoms with Crippen molar-refractivity contribution in [2.75, 3.05) is 0 Å². The van der Waals surface area contributed by atoms with Crippen molar-refractivity contribution in [2.24, 2.45) is 0 Å². The maximum atomic E-state index is 8.34. The molecule has 0 aliphatic heterocycles. The summed E-state index contributed by atoms with van der Waals surface area (Å²) in [5, 5.41) is 0. The van der Waals surface area contributed by atoms with Gasteiger partial charge in [0.05, 0.1) is 0 Å². The summed E-state index contributed by atoms with van der Waals surface area (Å²) in [6.45, 7) is 0. The Morgan fingerprint density at radius 3 is 1.25 bits per heavy atom. The van der Waals surface area contributed by atoms with Crippen LogP contribution >= 0.6 is 0 Å². The van der Waals surface area contributed by atoms with Gasteiger partial charge in [0.15, 0.2) is 0 Å². The standard InChI is InChI=1S/Fe.O.Sb.Sn. The summed E-state index contributed by atoms with van der Waals surface area (Å²) in [5.74, 6) is 0. The molecule has 0 spiro atoms. The fourth-order valence-corrected chi connectivity index (χ4v) is 0. The van der Waals surface area contributed by atoms with E-state index in [9.17, 15) is 0 Å². The van der Waals surface area contributed by atoms with Crippen LogP contribution in [0.5, 0.6) is 0 Å².